The first kappa shape index (κ1) is 16.8. The van der Waals surface area contributed by atoms with Gasteiger partial charge in [0.05, 0.1) is 11.4 Å². The predicted octanol–water partition coefficient (Wildman–Crippen LogP) is 4.67. The summed E-state index contributed by atoms with van der Waals surface area (Å²) in [4.78, 5) is 0.0325. The minimum atomic E-state index is -3.77. The SMILES string of the molecule is Cc1cc(Br)c(NS(=O)(=O)c2ccc(Br)cc2N)c(Br)c1. The van der Waals surface area contributed by atoms with Gasteiger partial charge in [0.2, 0.25) is 0 Å². The Bertz CT molecular complexity index is 784. The maximum Gasteiger partial charge on any atom is 0.264 e. The van der Waals surface area contributed by atoms with E-state index in [1.807, 2.05) is 19.1 Å². The van der Waals surface area contributed by atoms with Crippen LogP contribution in [0.15, 0.2) is 48.6 Å². The van der Waals surface area contributed by atoms with Crippen molar-refractivity contribution in [2.45, 2.75) is 11.8 Å². The molecule has 2 aromatic carbocycles. The van der Waals surface area contributed by atoms with E-state index in [4.69, 9.17) is 5.73 Å². The van der Waals surface area contributed by atoms with Crippen LogP contribution >= 0.6 is 47.8 Å². The molecule has 0 heterocycles. The third-order valence-electron chi connectivity index (χ3n) is 2.68. The van der Waals surface area contributed by atoms with Gasteiger partial charge in [-0.2, -0.15) is 0 Å². The Morgan fingerprint density at radius 1 is 1.05 bits per heavy atom. The fourth-order valence-electron chi connectivity index (χ4n) is 1.75. The van der Waals surface area contributed by atoms with Crippen LogP contribution in [0.3, 0.4) is 0 Å². The van der Waals surface area contributed by atoms with Crippen molar-refractivity contribution in [2.24, 2.45) is 0 Å². The average Bonchev–Trinajstić information content (AvgIpc) is 2.33. The van der Waals surface area contributed by atoms with Crippen molar-refractivity contribution in [3.05, 3.63) is 49.3 Å². The molecule has 0 radical (unpaired) electrons. The highest BCUT2D eigenvalue weighted by atomic mass is 79.9. The lowest BCUT2D eigenvalue weighted by Crippen LogP contribution is -2.15. The summed E-state index contributed by atoms with van der Waals surface area (Å²) >= 11 is 9.97. The lowest BCUT2D eigenvalue weighted by Gasteiger charge is -2.14. The van der Waals surface area contributed by atoms with Crippen LogP contribution in [0, 0.1) is 6.92 Å². The van der Waals surface area contributed by atoms with Crippen LogP contribution in [0.4, 0.5) is 11.4 Å². The van der Waals surface area contributed by atoms with Gasteiger partial charge in [0, 0.05) is 13.4 Å². The number of hydrogen-bond acceptors (Lipinski definition) is 3. The van der Waals surface area contributed by atoms with Crippen molar-refractivity contribution in [3.63, 3.8) is 0 Å². The molecule has 0 aliphatic heterocycles. The molecular weight excluding hydrogens is 488 g/mol. The third-order valence-corrected chi connectivity index (χ3v) is 5.85. The molecule has 0 aromatic heterocycles. The Morgan fingerprint density at radius 3 is 2.14 bits per heavy atom. The largest absolute Gasteiger partial charge is 0.398 e. The van der Waals surface area contributed by atoms with E-state index in [0.29, 0.717) is 14.6 Å². The van der Waals surface area contributed by atoms with Crippen LogP contribution < -0.4 is 10.5 Å². The summed E-state index contributed by atoms with van der Waals surface area (Å²) in [5.74, 6) is 0. The quantitative estimate of drug-likeness (QED) is 0.604. The molecule has 0 aliphatic rings. The van der Waals surface area contributed by atoms with Crippen molar-refractivity contribution >= 4 is 69.2 Å². The zero-order valence-electron chi connectivity index (χ0n) is 10.8. The molecule has 3 N–H and O–H groups in total. The molecule has 0 amide bonds. The van der Waals surface area contributed by atoms with Crippen LogP contribution in [0.1, 0.15) is 5.56 Å². The number of halogens is 3. The Kier molecular flexibility index (Phi) is 5.02. The van der Waals surface area contributed by atoms with Crippen molar-refractivity contribution in [1.29, 1.82) is 0 Å². The summed E-state index contributed by atoms with van der Waals surface area (Å²) in [6.45, 7) is 1.92. The lowest BCUT2D eigenvalue weighted by molar-refractivity contribution is 0.601. The molecule has 0 saturated heterocycles. The van der Waals surface area contributed by atoms with E-state index in [1.54, 1.807) is 12.1 Å². The molecule has 0 aliphatic carbocycles. The Balaban J connectivity index is 2.47. The summed E-state index contributed by atoms with van der Waals surface area (Å²) in [6, 6.07) is 8.29. The molecule has 0 atom stereocenters. The molecule has 0 saturated carbocycles. The second-order valence-corrected chi connectivity index (χ2v) is 8.67. The standard InChI is InChI=1S/C13H11Br3N2O2S/c1-7-4-9(15)13(10(16)5-7)18-21(19,20)12-3-2-8(14)6-11(12)17/h2-6,18H,17H2,1H3. The fraction of sp³-hybridized carbons (Fsp3) is 0.0769. The normalized spacial score (nSPS) is 11.4. The zero-order chi connectivity index (χ0) is 15.8. The molecule has 0 spiro atoms. The summed E-state index contributed by atoms with van der Waals surface area (Å²) in [6.07, 6.45) is 0. The molecule has 4 nitrogen and oxygen atoms in total. The van der Waals surface area contributed by atoms with Gasteiger partial charge in [-0.1, -0.05) is 15.9 Å². The molecule has 2 aromatic rings. The van der Waals surface area contributed by atoms with Crippen LogP contribution in [0.5, 0.6) is 0 Å². The van der Waals surface area contributed by atoms with Gasteiger partial charge < -0.3 is 5.73 Å². The highest BCUT2D eigenvalue weighted by Crippen LogP contribution is 2.34. The molecular formula is C13H11Br3N2O2S. The zero-order valence-corrected chi connectivity index (χ0v) is 16.4. The average molecular weight is 499 g/mol. The summed E-state index contributed by atoms with van der Waals surface area (Å²) in [7, 11) is -3.77. The van der Waals surface area contributed by atoms with Gasteiger partial charge in [-0.05, 0) is 74.7 Å². The number of benzene rings is 2. The molecule has 0 fully saturated rings. The second-order valence-electron chi connectivity index (χ2n) is 4.39. The van der Waals surface area contributed by atoms with E-state index in [9.17, 15) is 8.42 Å². The van der Waals surface area contributed by atoms with E-state index in [0.717, 1.165) is 10.0 Å². The van der Waals surface area contributed by atoms with E-state index >= 15 is 0 Å². The lowest BCUT2D eigenvalue weighted by atomic mass is 10.2. The number of aryl methyl sites for hydroxylation is 1. The van der Waals surface area contributed by atoms with Gasteiger partial charge in [0.25, 0.3) is 10.0 Å². The van der Waals surface area contributed by atoms with Crippen LogP contribution in [0.25, 0.3) is 0 Å². The maximum absolute atomic E-state index is 12.5. The van der Waals surface area contributed by atoms with Crippen molar-refractivity contribution < 1.29 is 8.42 Å². The second kappa shape index (κ2) is 6.28. The molecule has 112 valence electrons. The van der Waals surface area contributed by atoms with Gasteiger partial charge in [0.1, 0.15) is 4.90 Å². The summed E-state index contributed by atoms with van der Waals surface area (Å²) < 4.78 is 29.5. The Morgan fingerprint density at radius 2 is 1.62 bits per heavy atom. The fourth-order valence-corrected chi connectivity index (χ4v) is 5.22. The Labute approximate surface area is 148 Å². The predicted molar refractivity (Wildman–Crippen MR) is 95.9 cm³/mol. The molecule has 21 heavy (non-hydrogen) atoms. The van der Waals surface area contributed by atoms with Gasteiger partial charge in [-0.25, -0.2) is 8.42 Å². The maximum atomic E-state index is 12.5. The van der Waals surface area contributed by atoms with Crippen molar-refractivity contribution in [2.75, 3.05) is 10.5 Å². The third kappa shape index (κ3) is 3.80. The number of sulfonamides is 1. The van der Waals surface area contributed by atoms with Crippen LogP contribution in [-0.4, -0.2) is 8.42 Å². The first-order valence-electron chi connectivity index (χ1n) is 5.74. The highest BCUT2D eigenvalue weighted by molar-refractivity contribution is 9.11. The molecule has 0 bridgehead atoms. The van der Waals surface area contributed by atoms with Crippen LogP contribution in [0.2, 0.25) is 0 Å². The van der Waals surface area contributed by atoms with Crippen molar-refractivity contribution in [3.8, 4) is 0 Å². The number of nitrogens with one attached hydrogen (secondary N) is 1. The number of anilines is 2. The van der Waals surface area contributed by atoms with E-state index in [-0.39, 0.29) is 10.6 Å². The highest BCUT2D eigenvalue weighted by Gasteiger charge is 2.20. The molecule has 0 unspecified atom stereocenters. The first-order chi connectivity index (χ1) is 9.70. The summed E-state index contributed by atoms with van der Waals surface area (Å²) in [5, 5.41) is 0. The van der Waals surface area contributed by atoms with Gasteiger partial charge in [-0.15, -0.1) is 0 Å². The monoisotopic (exact) mass is 496 g/mol. The number of rotatable bonds is 3. The number of hydrogen-bond donors (Lipinski definition) is 2. The van der Waals surface area contributed by atoms with Gasteiger partial charge in [-0.3, -0.25) is 4.72 Å². The number of nitrogen functional groups attached to an aromatic ring is 1. The van der Waals surface area contributed by atoms with Crippen molar-refractivity contribution in [1.82, 2.24) is 0 Å². The summed E-state index contributed by atoms with van der Waals surface area (Å²) in [5.41, 5.74) is 7.40. The minimum Gasteiger partial charge on any atom is -0.398 e. The topological polar surface area (TPSA) is 72.2 Å². The minimum absolute atomic E-state index is 0.0325. The smallest absolute Gasteiger partial charge is 0.264 e. The van der Waals surface area contributed by atoms with E-state index in [1.165, 1.54) is 6.07 Å². The molecule has 2 rings (SSSR count). The molecule has 8 heteroatoms. The number of nitrogens with two attached hydrogens (primary N) is 1. The van der Waals surface area contributed by atoms with Gasteiger partial charge in [0.15, 0.2) is 0 Å². The van der Waals surface area contributed by atoms with Crippen LogP contribution in [-0.2, 0) is 10.0 Å². The Hall–Kier alpha value is -0.570. The van der Waals surface area contributed by atoms with E-state index < -0.39 is 10.0 Å². The first-order valence-corrected chi connectivity index (χ1v) is 9.60. The van der Waals surface area contributed by atoms with Gasteiger partial charge >= 0.3 is 0 Å². The van der Waals surface area contributed by atoms with E-state index in [2.05, 4.69) is 52.5 Å².